The predicted octanol–water partition coefficient (Wildman–Crippen LogP) is 2.53. The molecule has 0 bridgehead atoms. The van der Waals surface area contributed by atoms with Gasteiger partial charge in [0.25, 0.3) is 0 Å². The minimum atomic E-state index is -0.875. The maximum absolute atomic E-state index is 12.1. The summed E-state index contributed by atoms with van der Waals surface area (Å²) < 4.78 is 12.1. The van der Waals surface area contributed by atoms with Crippen molar-refractivity contribution in [2.24, 2.45) is 10.9 Å². The molecule has 0 aliphatic rings. The molecule has 0 saturated carbocycles. The Labute approximate surface area is 137 Å². The van der Waals surface area contributed by atoms with Gasteiger partial charge >= 0.3 is 0 Å². The van der Waals surface area contributed by atoms with Gasteiger partial charge in [-0.05, 0) is 25.3 Å². The van der Waals surface area contributed by atoms with E-state index in [2.05, 4.69) is 36.4 Å². The molecular formula is C17H29N3OS. The van der Waals surface area contributed by atoms with Crippen LogP contribution in [0.15, 0.2) is 35.3 Å². The lowest BCUT2D eigenvalue weighted by molar-refractivity contribution is 0.481. The van der Waals surface area contributed by atoms with Crippen LogP contribution in [-0.2, 0) is 16.6 Å². The zero-order valence-corrected chi connectivity index (χ0v) is 15.0. The highest BCUT2D eigenvalue weighted by Gasteiger charge is 2.09. The molecule has 124 valence electrons. The van der Waals surface area contributed by atoms with Crippen LogP contribution >= 0.6 is 0 Å². The molecule has 1 rings (SSSR count). The van der Waals surface area contributed by atoms with E-state index in [-0.39, 0.29) is 0 Å². The monoisotopic (exact) mass is 323 g/mol. The molecule has 4 nitrogen and oxygen atoms in total. The third-order valence-electron chi connectivity index (χ3n) is 3.47. The Hall–Kier alpha value is -1.36. The van der Waals surface area contributed by atoms with Gasteiger partial charge in [0.05, 0.1) is 6.54 Å². The Morgan fingerprint density at radius 2 is 1.91 bits per heavy atom. The van der Waals surface area contributed by atoms with E-state index in [1.54, 1.807) is 0 Å². The average Bonchev–Trinajstić information content (AvgIpc) is 2.48. The summed E-state index contributed by atoms with van der Waals surface area (Å²) in [5.41, 5.74) is 1.11. The summed E-state index contributed by atoms with van der Waals surface area (Å²) >= 11 is 0. The van der Waals surface area contributed by atoms with Gasteiger partial charge < -0.3 is 10.6 Å². The molecule has 0 radical (unpaired) electrons. The van der Waals surface area contributed by atoms with Crippen LogP contribution in [0.2, 0.25) is 0 Å². The fourth-order valence-electron chi connectivity index (χ4n) is 1.79. The predicted molar refractivity (Wildman–Crippen MR) is 96.6 cm³/mol. The van der Waals surface area contributed by atoms with Crippen LogP contribution in [0.4, 0.5) is 0 Å². The van der Waals surface area contributed by atoms with E-state index in [0.717, 1.165) is 18.1 Å². The average molecular weight is 324 g/mol. The first-order valence-electron chi connectivity index (χ1n) is 7.96. The second-order valence-electron chi connectivity index (χ2n) is 5.71. The van der Waals surface area contributed by atoms with Gasteiger partial charge in [-0.15, -0.1) is 0 Å². The van der Waals surface area contributed by atoms with Crippen LogP contribution in [0.25, 0.3) is 0 Å². The van der Waals surface area contributed by atoms with E-state index < -0.39 is 10.8 Å². The standard InChI is InChI=1S/C17H29N3OS/c1-5-18-17(20-15(4)14(2)3)19-11-12-22(21)13-16-9-7-6-8-10-16/h6-10,14-15H,5,11-13H2,1-4H3,(H2,18,19,20). The molecule has 5 heteroatoms. The molecule has 1 aromatic rings. The number of aliphatic imine (C=N–C) groups is 1. The van der Waals surface area contributed by atoms with Crippen molar-refractivity contribution >= 4 is 16.8 Å². The Morgan fingerprint density at radius 1 is 1.23 bits per heavy atom. The summed E-state index contributed by atoms with van der Waals surface area (Å²) in [5, 5.41) is 6.61. The second kappa shape index (κ2) is 10.4. The van der Waals surface area contributed by atoms with Crippen molar-refractivity contribution in [1.29, 1.82) is 0 Å². The van der Waals surface area contributed by atoms with Crippen LogP contribution in [-0.4, -0.2) is 35.1 Å². The van der Waals surface area contributed by atoms with Crippen molar-refractivity contribution < 1.29 is 4.21 Å². The second-order valence-corrected chi connectivity index (χ2v) is 7.29. The van der Waals surface area contributed by atoms with Crippen LogP contribution in [0.3, 0.4) is 0 Å². The van der Waals surface area contributed by atoms with Crippen molar-refractivity contribution in [3.05, 3.63) is 35.9 Å². The summed E-state index contributed by atoms with van der Waals surface area (Å²) in [6.07, 6.45) is 0. The molecule has 0 aliphatic carbocycles. The lowest BCUT2D eigenvalue weighted by Crippen LogP contribution is -2.44. The van der Waals surface area contributed by atoms with E-state index >= 15 is 0 Å². The van der Waals surface area contributed by atoms with Gasteiger partial charge in [0.1, 0.15) is 0 Å². The molecule has 22 heavy (non-hydrogen) atoms. The van der Waals surface area contributed by atoms with E-state index in [0.29, 0.717) is 30.0 Å². The van der Waals surface area contributed by atoms with Crippen molar-refractivity contribution in [3.8, 4) is 0 Å². The Balaban J connectivity index is 2.44. The first kappa shape index (κ1) is 18.7. The number of rotatable bonds is 8. The van der Waals surface area contributed by atoms with Gasteiger partial charge in [0.15, 0.2) is 5.96 Å². The van der Waals surface area contributed by atoms with E-state index in [1.807, 2.05) is 37.3 Å². The topological polar surface area (TPSA) is 53.5 Å². The zero-order chi connectivity index (χ0) is 16.4. The zero-order valence-electron chi connectivity index (χ0n) is 14.1. The van der Waals surface area contributed by atoms with Gasteiger partial charge in [-0.3, -0.25) is 9.20 Å². The SMILES string of the molecule is CCNC(=NCCS(=O)Cc1ccccc1)NC(C)C(C)C. The third kappa shape index (κ3) is 7.59. The molecule has 0 aliphatic heterocycles. The number of guanidine groups is 1. The van der Waals surface area contributed by atoms with Gasteiger partial charge in [-0.25, -0.2) is 0 Å². The molecule has 2 atom stereocenters. The maximum atomic E-state index is 12.1. The molecule has 0 fully saturated rings. The molecule has 0 spiro atoms. The molecule has 2 unspecified atom stereocenters. The van der Waals surface area contributed by atoms with Gasteiger partial charge in [-0.2, -0.15) is 0 Å². The van der Waals surface area contributed by atoms with Gasteiger partial charge in [0, 0.05) is 34.9 Å². The Kier molecular flexibility index (Phi) is 8.82. The van der Waals surface area contributed by atoms with Crippen LogP contribution in [0, 0.1) is 5.92 Å². The van der Waals surface area contributed by atoms with E-state index in [9.17, 15) is 4.21 Å². The third-order valence-corrected chi connectivity index (χ3v) is 4.76. The highest BCUT2D eigenvalue weighted by Crippen LogP contribution is 2.03. The largest absolute Gasteiger partial charge is 0.357 e. The minimum Gasteiger partial charge on any atom is -0.357 e. The van der Waals surface area contributed by atoms with E-state index in [4.69, 9.17) is 0 Å². The molecule has 0 amide bonds. The number of benzene rings is 1. The van der Waals surface area contributed by atoms with Crippen molar-refractivity contribution in [2.75, 3.05) is 18.8 Å². The van der Waals surface area contributed by atoms with Crippen molar-refractivity contribution in [2.45, 2.75) is 39.5 Å². The highest BCUT2D eigenvalue weighted by atomic mass is 32.2. The smallest absolute Gasteiger partial charge is 0.191 e. The molecule has 0 aromatic heterocycles. The lowest BCUT2D eigenvalue weighted by Gasteiger charge is -2.20. The van der Waals surface area contributed by atoms with Crippen molar-refractivity contribution in [1.82, 2.24) is 10.6 Å². The van der Waals surface area contributed by atoms with Crippen molar-refractivity contribution in [3.63, 3.8) is 0 Å². The molecule has 2 N–H and O–H groups in total. The molecule has 0 saturated heterocycles. The highest BCUT2D eigenvalue weighted by molar-refractivity contribution is 7.84. The normalized spacial score (nSPS) is 14.7. The van der Waals surface area contributed by atoms with Gasteiger partial charge in [-0.1, -0.05) is 44.2 Å². The van der Waals surface area contributed by atoms with E-state index in [1.165, 1.54) is 0 Å². The van der Waals surface area contributed by atoms with Crippen LogP contribution in [0.5, 0.6) is 0 Å². The summed E-state index contributed by atoms with van der Waals surface area (Å²) in [7, 11) is -0.875. The van der Waals surface area contributed by atoms with Crippen LogP contribution < -0.4 is 10.6 Å². The minimum absolute atomic E-state index is 0.354. The Bertz CT molecular complexity index is 474. The molecular weight excluding hydrogens is 294 g/mol. The fourth-order valence-corrected chi connectivity index (χ4v) is 2.80. The maximum Gasteiger partial charge on any atom is 0.191 e. The number of hydrogen-bond donors (Lipinski definition) is 2. The van der Waals surface area contributed by atoms with Crippen LogP contribution in [0.1, 0.15) is 33.3 Å². The number of nitrogens with one attached hydrogen (secondary N) is 2. The number of hydrogen-bond acceptors (Lipinski definition) is 2. The summed E-state index contributed by atoms with van der Waals surface area (Å²) in [4.78, 5) is 4.52. The number of nitrogens with zero attached hydrogens (tertiary/aromatic N) is 1. The molecule has 0 heterocycles. The first-order valence-corrected chi connectivity index (χ1v) is 9.45. The molecule has 1 aromatic carbocycles. The summed E-state index contributed by atoms with van der Waals surface area (Å²) in [5.74, 6) is 2.53. The quantitative estimate of drug-likeness (QED) is 0.571. The lowest BCUT2D eigenvalue weighted by atomic mass is 10.1. The summed E-state index contributed by atoms with van der Waals surface area (Å²) in [6.45, 7) is 9.94. The fraction of sp³-hybridized carbons (Fsp3) is 0.588. The Morgan fingerprint density at radius 3 is 2.50 bits per heavy atom. The van der Waals surface area contributed by atoms with Gasteiger partial charge in [0.2, 0.25) is 0 Å². The first-order chi connectivity index (χ1) is 10.5. The summed E-state index contributed by atoms with van der Waals surface area (Å²) in [6, 6.07) is 10.3.